The van der Waals surface area contributed by atoms with Crippen LogP contribution in [0.1, 0.15) is 13.3 Å². The summed E-state index contributed by atoms with van der Waals surface area (Å²) in [5, 5.41) is 4.19. The number of ether oxygens (including phenoxy) is 2. The molecule has 2 aromatic rings. The first-order valence-corrected chi connectivity index (χ1v) is 6.21. The molecule has 0 saturated carbocycles. The van der Waals surface area contributed by atoms with Crippen LogP contribution < -0.4 is 9.47 Å². The van der Waals surface area contributed by atoms with Gasteiger partial charge in [0.15, 0.2) is 5.75 Å². The Morgan fingerprint density at radius 1 is 1.06 bits per heavy atom. The lowest BCUT2D eigenvalue weighted by atomic mass is 10.3. The molecule has 0 aliphatic rings. The third-order valence-corrected chi connectivity index (χ3v) is 2.43. The number of hydrogen-bond donors (Lipinski definition) is 0. The molecular weight excluding hydrogens is 228 g/mol. The van der Waals surface area contributed by atoms with Crippen LogP contribution in [0, 0.1) is 0 Å². The molecule has 0 amide bonds. The Balaban J connectivity index is 1.68. The van der Waals surface area contributed by atoms with Crippen molar-refractivity contribution in [2.24, 2.45) is 0 Å². The van der Waals surface area contributed by atoms with Gasteiger partial charge in [-0.25, -0.2) is 0 Å². The summed E-state index contributed by atoms with van der Waals surface area (Å²) >= 11 is 0. The number of aryl methyl sites for hydroxylation is 1. The van der Waals surface area contributed by atoms with Gasteiger partial charge in [0.05, 0.1) is 12.4 Å². The van der Waals surface area contributed by atoms with Crippen molar-refractivity contribution in [1.82, 2.24) is 9.78 Å². The topological polar surface area (TPSA) is 36.3 Å². The molecule has 0 aliphatic carbocycles. The molecule has 0 aliphatic heterocycles. The van der Waals surface area contributed by atoms with Crippen LogP contribution in [0.3, 0.4) is 0 Å². The van der Waals surface area contributed by atoms with Crippen LogP contribution in [0.15, 0.2) is 42.7 Å². The monoisotopic (exact) mass is 246 g/mol. The van der Waals surface area contributed by atoms with Gasteiger partial charge in [-0.2, -0.15) is 5.10 Å². The number of hydrogen-bond acceptors (Lipinski definition) is 3. The van der Waals surface area contributed by atoms with Crippen molar-refractivity contribution < 1.29 is 9.47 Å². The van der Waals surface area contributed by atoms with Crippen LogP contribution >= 0.6 is 0 Å². The van der Waals surface area contributed by atoms with E-state index in [1.165, 1.54) is 0 Å². The second-order valence-electron chi connectivity index (χ2n) is 3.95. The zero-order chi connectivity index (χ0) is 12.6. The molecule has 0 unspecified atom stereocenters. The Labute approximate surface area is 107 Å². The van der Waals surface area contributed by atoms with Gasteiger partial charge in [0.25, 0.3) is 0 Å². The fraction of sp³-hybridized carbons (Fsp3) is 0.357. The van der Waals surface area contributed by atoms with Crippen molar-refractivity contribution >= 4 is 0 Å². The number of aromatic nitrogens is 2. The molecule has 1 aromatic carbocycles. The second kappa shape index (κ2) is 6.69. The number of para-hydroxylation sites is 1. The first-order chi connectivity index (χ1) is 8.88. The predicted molar refractivity (Wildman–Crippen MR) is 70.0 cm³/mol. The third-order valence-electron chi connectivity index (χ3n) is 2.43. The van der Waals surface area contributed by atoms with Gasteiger partial charge in [0.1, 0.15) is 19.0 Å². The van der Waals surface area contributed by atoms with Gasteiger partial charge >= 0.3 is 0 Å². The number of nitrogens with zero attached hydrogens (tertiary/aromatic N) is 2. The summed E-state index contributed by atoms with van der Waals surface area (Å²) in [6, 6.07) is 9.72. The fourth-order valence-electron chi connectivity index (χ4n) is 1.61. The summed E-state index contributed by atoms with van der Waals surface area (Å²) in [5.74, 6) is 1.66. The SMILES string of the molecule is CCCn1cc(OCCOc2ccccc2)cn1. The maximum absolute atomic E-state index is 5.55. The lowest BCUT2D eigenvalue weighted by molar-refractivity contribution is 0.217. The predicted octanol–water partition coefficient (Wildman–Crippen LogP) is 2.75. The van der Waals surface area contributed by atoms with Gasteiger partial charge in [0, 0.05) is 6.54 Å². The molecule has 4 heteroatoms. The maximum Gasteiger partial charge on any atom is 0.157 e. The van der Waals surface area contributed by atoms with Gasteiger partial charge in [0.2, 0.25) is 0 Å². The molecule has 0 spiro atoms. The van der Waals surface area contributed by atoms with Crippen molar-refractivity contribution in [3.05, 3.63) is 42.7 Å². The average Bonchev–Trinajstić information content (AvgIpc) is 2.84. The summed E-state index contributed by atoms with van der Waals surface area (Å²) in [6.45, 7) is 4.09. The highest BCUT2D eigenvalue weighted by molar-refractivity contribution is 5.20. The molecule has 1 heterocycles. The highest BCUT2D eigenvalue weighted by atomic mass is 16.5. The minimum Gasteiger partial charge on any atom is -0.490 e. The lowest BCUT2D eigenvalue weighted by Crippen LogP contribution is -2.08. The summed E-state index contributed by atoms with van der Waals surface area (Å²) in [4.78, 5) is 0. The van der Waals surface area contributed by atoms with E-state index < -0.39 is 0 Å². The molecule has 0 radical (unpaired) electrons. The molecule has 1 aromatic heterocycles. The Morgan fingerprint density at radius 2 is 1.78 bits per heavy atom. The van der Waals surface area contributed by atoms with Crippen LogP contribution in [-0.2, 0) is 6.54 Å². The van der Waals surface area contributed by atoms with E-state index in [1.807, 2.05) is 41.2 Å². The Kier molecular flexibility index (Phi) is 4.64. The molecule has 0 N–H and O–H groups in total. The minimum atomic E-state index is 0.521. The Bertz CT molecular complexity index is 454. The van der Waals surface area contributed by atoms with Crippen molar-refractivity contribution in [2.75, 3.05) is 13.2 Å². The molecule has 18 heavy (non-hydrogen) atoms. The zero-order valence-corrected chi connectivity index (χ0v) is 10.6. The molecular formula is C14H18N2O2. The Morgan fingerprint density at radius 3 is 2.50 bits per heavy atom. The van der Waals surface area contributed by atoms with Crippen LogP contribution in [-0.4, -0.2) is 23.0 Å². The quantitative estimate of drug-likeness (QED) is 0.705. The highest BCUT2D eigenvalue weighted by Gasteiger charge is 1.99. The molecule has 0 saturated heterocycles. The van der Waals surface area contributed by atoms with E-state index in [-0.39, 0.29) is 0 Å². The average molecular weight is 246 g/mol. The fourth-order valence-corrected chi connectivity index (χ4v) is 1.61. The molecule has 0 bridgehead atoms. The molecule has 0 atom stereocenters. The Hall–Kier alpha value is -1.97. The summed E-state index contributed by atoms with van der Waals surface area (Å²) in [5.41, 5.74) is 0. The van der Waals surface area contributed by atoms with Crippen molar-refractivity contribution in [2.45, 2.75) is 19.9 Å². The largest absolute Gasteiger partial charge is 0.490 e. The van der Waals surface area contributed by atoms with Crippen LogP contribution in [0.4, 0.5) is 0 Å². The molecule has 4 nitrogen and oxygen atoms in total. The molecule has 96 valence electrons. The number of rotatable bonds is 7. The normalized spacial score (nSPS) is 10.3. The first kappa shape index (κ1) is 12.5. The van der Waals surface area contributed by atoms with Gasteiger partial charge in [-0.3, -0.25) is 4.68 Å². The van der Waals surface area contributed by atoms with E-state index in [0.29, 0.717) is 13.2 Å². The summed E-state index contributed by atoms with van der Waals surface area (Å²) < 4.78 is 13.0. The third kappa shape index (κ3) is 3.80. The standard InChI is InChI=1S/C14H18N2O2/c1-2-8-16-12-14(11-15-16)18-10-9-17-13-6-4-3-5-7-13/h3-7,11-12H,2,8-10H2,1H3. The van der Waals surface area contributed by atoms with E-state index in [2.05, 4.69) is 12.0 Å². The van der Waals surface area contributed by atoms with Gasteiger partial charge in [-0.1, -0.05) is 25.1 Å². The lowest BCUT2D eigenvalue weighted by Gasteiger charge is -2.06. The van der Waals surface area contributed by atoms with E-state index in [0.717, 1.165) is 24.5 Å². The van der Waals surface area contributed by atoms with Crippen molar-refractivity contribution in [3.63, 3.8) is 0 Å². The van der Waals surface area contributed by atoms with Gasteiger partial charge in [-0.05, 0) is 18.6 Å². The zero-order valence-electron chi connectivity index (χ0n) is 10.6. The summed E-state index contributed by atoms with van der Waals surface area (Å²) in [7, 11) is 0. The maximum atomic E-state index is 5.55. The molecule has 0 fully saturated rings. The van der Waals surface area contributed by atoms with E-state index in [1.54, 1.807) is 6.20 Å². The summed E-state index contributed by atoms with van der Waals surface area (Å²) in [6.07, 6.45) is 4.71. The van der Waals surface area contributed by atoms with Crippen molar-refractivity contribution in [1.29, 1.82) is 0 Å². The smallest absolute Gasteiger partial charge is 0.157 e. The van der Waals surface area contributed by atoms with Crippen LogP contribution in [0.2, 0.25) is 0 Å². The molecule has 2 rings (SSSR count). The van der Waals surface area contributed by atoms with Gasteiger partial charge < -0.3 is 9.47 Å². The van der Waals surface area contributed by atoms with Crippen LogP contribution in [0.25, 0.3) is 0 Å². The number of benzene rings is 1. The minimum absolute atomic E-state index is 0.521. The van der Waals surface area contributed by atoms with E-state index in [9.17, 15) is 0 Å². The van der Waals surface area contributed by atoms with Crippen molar-refractivity contribution in [3.8, 4) is 11.5 Å². The van der Waals surface area contributed by atoms with E-state index >= 15 is 0 Å². The first-order valence-electron chi connectivity index (χ1n) is 6.21. The van der Waals surface area contributed by atoms with Gasteiger partial charge in [-0.15, -0.1) is 0 Å². The van der Waals surface area contributed by atoms with Crippen LogP contribution in [0.5, 0.6) is 11.5 Å². The highest BCUT2D eigenvalue weighted by Crippen LogP contribution is 2.10. The van der Waals surface area contributed by atoms with E-state index in [4.69, 9.17) is 9.47 Å². The second-order valence-corrected chi connectivity index (χ2v) is 3.95.